The molecule has 1 heterocycles. The van der Waals surface area contributed by atoms with E-state index in [1.165, 1.54) is 0 Å². The summed E-state index contributed by atoms with van der Waals surface area (Å²) in [6, 6.07) is 32.3. The molecule has 3 aromatic carbocycles. The van der Waals surface area contributed by atoms with Crippen LogP contribution in [-0.2, 0) is 0 Å². The number of anilines is 2. The number of fused-ring (bicyclic) bond motifs is 1. The first-order valence-corrected chi connectivity index (χ1v) is 8.20. The molecule has 0 N–H and O–H groups in total. The van der Waals surface area contributed by atoms with Crippen molar-refractivity contribution in [2.24, 2.45) is 5.10 Å². The van der Waals surface area contributed by atoms with E-state index in [-0.39, 0.29) is 0 Å². The first-order valence-electron chi connectivity index (χ1n) is 8.20. The van der Waals surface area contributed by atoms with Crippen molar-refractivity contribution in [3.8, 4) is 0 Å². The number of hydrogen-bond donors (Lipinski definition) is 0. The third kappa shape index (κ3) is 3.40. The Kier molecular flexibility index (Phi) is 4.21. The smallest absolute Gasteiger partial charge is 0.0838 e. The van der Waals surface area contributed by atoms with Crippen LogP contribution >= 0.6 is 0 Å². The minimum absolute atomic E-state index is 0.829. The number of hydrazone groups is 1. The molecule has 3 nitrogen and oxygen atoms in total. The van der Waals surface area contributed by atoms with E-state index in [0.29, 0.717) is 0 Å². The van der Waals surface area contributed by atoms with Crippen molar-refractivity contribution in [2.45, 2.75) is 0 Å². The summed E-state index contributed by atoms with van der Waals surface area (Å²) in [5.41, 5.74) is 3.81. The molecule has 0 aliphatic carbocycles. The molecule has 0 saturated carbocycles. The van der Waals surface area contributed by atoms with E-state index in [0.717, 1.165) is 28.0 Å². The number of rotatable bonds is 4. The van der Waals surface area contributed by atoms with Crippen molar-refractivity contribution in [2.75, 3.05) is 5.01 Å². The molecule has 0 aliphatic heterocycles. The van der Waals surface area contributed by atoms with Gasteiger partial charge >= 0.3 is 0 Å². The molecule has 0 spiro atoms. The van der Waals surface area contributed by atoms with Gasteiger partial charge in [-0.3, -0.25) is 0 Å². The van der Waals surface area contributed by atoms with E-state index in [4.69, 9.17) is 0 Å². The Labute approximate surface area is 146 Å². The highest BCUT2D eigenvalue weighted by molar-refractivity contribution is 5.86. The van der Waals surface area contributed by atoms with Crippen LogP contribution in [0, 0.1) is 0 Å². The molecular formula is C22H17N3. The van der Waals surface area contributed by atoms with E-state index in [1.807, 2.05) is 89.9 Å². The second-order valence-electron chi connectivity index (χ2n) is 5.66. The molecule has 120 valence electrons. The minimum Gasteiger partial charge on any atom is -0.247 e. The Balaban J connectivity index is 1.71. The summed E-state index contributed by atoms with van der Waals surface area (Å²) in [6.07, 6.45) is 1.80. The maximum atomic E-state index is 4.69. The number of nitrogens with zero attached hydrogens (tertiary/aromatic N) is 3. The van der Waals surface area contributed by atoms with E-state index >= 15 is 0 Å². The van der Waals surface area contributed by atoms with Crippen molar-refractivity contribution in [3.63, 3.8) is 0 Å². The van der Waals surface area contributed by atoms with Crippen LogP contribution in [0.2, 0.25) is 0 Å². The van der Waals surface area contributed by atoms with Crippen LogP contribution in [0.3, 0.4) is 0 Å². The van der Waals surface area contributed by atoms with Gasteiger partial charge in [-0.2, -0.15) is 5.10 Å². The minimum atomic E-state index is 0.829. The number of hydrogen-bond acceptors (Lipinski definition) is 3. The van der Waals surface area contributed by atoms with E-state index in [9.17, 15) is 0 Å². The lowest BCUT2D eigenvalue weighted by molar-refractivity contribution is 1.09. The van der Waals surface area contributed by atoms with Crippen LogP contribution in [0.25, 0.3) is 10.9 Å². The van der Waals surface area contributed by atoms with E-state index < -0.39 is 0 Å². The van der Waals surface area contributed by atoms with Crippen molar-refractivity contribution >= 4 is 28.5 Å². The number of aromatic nitrogens is 1. The van der Waals surface area contributed by atoms with Crippen LogP contribution in [0.1, 0.15) is 5.69 Å². The van der Waals surface area contributed by atoms with Gasteiger partial charge in [-0.05, 0) is 36.4 Å². The topological polar surface area (TPSA) is 28.5 Å². The van der Waals surface area contributed by atoms with Crippen molar-refractivity contribution in [3.05, 3.63) is 103 Å². The highest BCUT2D eigenvalue weighted by Crippen LogP contribution is 2.25. The van der Waals surface area contributed by atoms with Crippen LogP contribution in [-0.4, -0.2) is 11.2 Å². The van der Waals surface area contributed by atoms with Crippen molar-refractivity contribution in [1.82, 2.24) is 4.98 Å². The first kappa shape index (κ1) is 15.1. The summed E-state index contributed by atoms with van der Waals surface area (Å²) in [7, 11) is 0. The molecule has 0 aliphatic rings. The van der Waals surface area contributed by atoms with Gasteiger partial charge in [0.15, 0.2) is 0 Å². The third-order valence-electron chi connectivity index (χ3n) is 3.93. The Morgan fingerprint density at radius 1 is 0.640 bits per heavy atom. The summed E-state index contributed by atoms with van der Waals surface area (Å²) in [6.45, 7) is 0. The fourth-order valence-corrected chi connectivity index (χ4v) is 2.69. The largest absolute Gasteiger partial charge is 0.247 e. The average molecular weight is 323 g/mol. The SMILES string of the molecule is C(=N\N(c1ccccc1)c1ccccc1)/c1ccc2ccccc2n1. The maximum absolute atomic E-state index is 4.69. The van der Waals surface area contributed by atoms with Gasteiger partial charge in [-0.15, -0.1) is 0 Å². The number of benzene rings is 3. The normalized spacial score (nSPS) is 11.0. The molecule has 4 rings (SSSR count). The van der Waals surface area contributed by atoms with Gasteiger partial charge in [-0.1, -0.05) is 60.7 Å². The van der Waals surface area contributed by atoms with Crippen molar-refractivity contribution in [1.29, 1.82) is 0 Å². The summed E-state index contributed by atoms with van der Waals surface area (Å²) in [4.78, 5) is 4.66. The molecule has 3 heteroatoms. The molecule has 1 aromatic heterocycles. The van der Waals surface area contributed by atoms with Crippen molar-refractivity contribution < 1.29 is 0 Å². The van der Waals surface area contributed by atoms with Gasteiger partial charge in [0, 0.05) is 5.39 Å². The van der Waals surface area contributed by atoms with E-state index in [2.05, 4.69) is 22.2 Å². The lowest BCUT2D eigenvalue weighted by Crippen LogP contribution is -2.09. The maximum Gasteiger partial charge on any atom is 0.0838 e. The fraction of sp³-hybridized carbons (Fsp3) is 0. The quantitative estimate of drug-likeness (QED) is 0.371. The standard InChI is InChI=1S/C22H17N3/c1-3-10-20(11-4-1)25(21-12-5-2-6-13-21)23-17-19-16-15-18-9-7-8-14-22(18)24-19/h1-17H/b23-17+. The molecule has 0 bridgehead atoms. The average Bonchev–Trinajstić information content (AvgIpc) is 2.70. The second-order valence-corrected chi connectivity index (χ2v) is 5.66. The van der Waals surface area contributed by atoms with Gasteiger partial charge in [0.2, 0.25) is 0 Å². The molecular weight excluding hydrogens is 306 g/mol. The molecule has 0 fully saturated rings. The predicted molar refractivity (Wildman–Crippen MR) is 104 cm³/mol. The fourth-order valence-electron chi connectivity index (χ4n) is 2.69. The summed E-state index contributed by atoms with van der Waals surface area (Å²) < 4.78 is 0. The monoisotopic (exact) mass is 323 g/mol. The van der Waals surface area contributed by atoms with Crippen LogP contribution in [0.15, 0.2) is 102 Å². The zero-order chi connectivity index (χ0) is 16.9. The molecule has 25 heavy (non-hydrogen) atoms. The molecule has 0 unspecified atom stereocenters. The van der Waals surface area contributed by atoms with Gasteiger partial charge in [0.1, 0.15) is 0 Å². The summed E-state index contributed by atoms with van der Waals surface area (Å²) >= 11 is 0. The zero-order valence-corrected chi connectivity index (χ0v) is 13.7. The molecule has 0 atom stereocenters. The molecule has 0 saturated heterocycles. The predicted octanol–water partition coefficient (Wildman–Crippen LogP) is 5.41. The van der Waals surface area contributed by atoms with Gasteiger partial charge in [-0.25, -0.2) is 9.99 Å². The molecule has 0 amide bonds. The van der Waals surface area contributed by atoms with Gasteiger partial charge < -0.3 is 0 Å². The van der Waals surface area contributed by atoms with E-state index in [1.54, 1.807) is 6.21 Å². The Hall–Kier alpha value is -3.46. The van der Waals surface area contributed by atoms with Crippen LogP contribution in [0.4, 0.5) is 11.4 Å². The first-order chi connectivity index (χ1) is 12.4. The van der Waals surface area contributed by atoms with Crippen LogP contribution in [0.5, 0.6) is 0 Å². The second kappa shape index (κ2) is 6.97. The highest BCUT2D eigenvalue weighted by Gasteiger charge is 2.06. The zero-order valence-electron chi connectivity index (χ0n) is 13.7. The summed E-state index contributed by atoms with van der Waals surface area (Å²) in [5, 5.41) is 7.73. The van der Waals surface area contributed by atoms with Crippen LogP contribution < -0.4 is 5.01 Å². The highest BCUT2D eigenvalue weighted by atomic mass is 15.5. The third-order valence-corrected chi connectivity index (χ3v) is 3.93. The molecule has 0 radical (unpaired) electrons. The Morgan fingerprint density at radius 3 is 1.92 bits per heavy atom. The molecule has 4 aromatic rings. The summed E-state index contributed by atoms with van der Waals surface area (Å²) in [5.74, 6) is 0. The number of para-hydroxylation sites is 3. The van der Waals surface area contributed by atoms with Gasteiger partial charge in [0.05, 0.1) is 28.8 Å². The Bertz CT molecular complexity index is 956. The lowest BCUT2D eigenvalue weighted by atomic mass is 10.2. The number of pyridine rings is 1. The Morgan fingerprint density at radius 2 is 1.24 bits per heavy atom. The lowest BCUT2D eigenvalue weighted by Gasteiger charge is -2.19. The van der Waals surface area contributed by atoms with Gasteiger partial charge in [0.25, 0.3) is 0 Å².